The van der Waals surface area contributed by atoms with Gasteiger partial charge in [-0.3, -0.25) is 18.8 Å². The normalized spacial score (nSPS) is 14.0. The van der Waals surface area contributed by atoms with Crippen molar-refractivity contribution < 1.29 is 8.42 Å². The Balaban J connectivity index is 1.69. The molecule has 0 aliphatic carbocycles. The zero-order valence-electron chi connectivity index (χ0n) is 16.9. The number of nitrogens with one attached hydrogen (secondary N) is 1. The predicted molar refractivity (Wildman–Crippen MR) is 121 cm³/mol. The van der Waals surface area contributed by atoms with Gasteiger partial charge in [-0.1, -0.05) is 29.8 Å². The summed E-state index contributed by atoms with van der Waals surface area (Å²) in [4.78, 5) is 28.3. The van der Waals surface area contributed by atoms with E-state index in [0.717, 1.165) is 16.6 Å². The topological polar surface area (TPSA) is 110 Å². The van der Waals surface area contributed by atoms with Crippen LogP contribution in [0.1, 0.15) is 12.0 Å². The van der Waals surface area contributed by atoms with Crippen molar-refractivity contribution >= 4 is 38.3 Å². The predicted octanol–water partition coefficient (Wildman–Crippen LogP) is 2.21. The molecule has 2 aromatic heterocycles. The van der Waals surface area contributed by atoms with Gasteiger partial charge in [0.05, 0.1) is 27.5 Å². The Morgan fingerprint density at radius 1 is 1.09 bits per heavy atom. The Kier molecular flexibility index (Phi) is 4.72. The van der Waals surface area contributed by atoms with Crippen molar-refractivity contribution in [2.45, 2.75) is 17.7 Å². The third-order valence-electron chi connectivity index (χ3n) is 5.61. The summed E-state index contributed by atoms with van der Waals surface area (Å²) in [5, 5.41) is 4.24. The summed E-state index contributed by atoms with van der Waals surface area (Å²) in [6, 6.07) is 11.4. The Bertz CT molecular complexity index is 1600. The number of hydrogen-bond acceptors (Lipinski definition) is 5. The number of para-hydroxylation sites is 1. The largest absolute Gasteiger partial charge is 0.334 e. The second-order valence-corrected chi connectivity index (χ2v) is 9.79. The number of rotatable bonds is 3. The third kappa shape index (κ3) is 3.06. The summed E-state index contributed by atoms with van der Waals surface area (Å²) in [6.07, 6.45) is 2.82. The number of benzene rings is 2. The lowest BCUT2D eigenvalue weighted by atomic mass is 10.0. The first-order valence-electron chi connectivity index (χ1n) is 9.86. The number of aryl methyl sites for hydroxylation is 2. The summed E-state index contributed by atoms with van der Waals surface area (Å²) >= 11 is 6.31. The zero-order chi connectivity index (χ0) is 22.6. The minimum Gasteiger partial charge on any atom is -0.291 e. The highest BCUT2D eigenvalue weighted by molar-refractivity contribution is 7.92. The number of hydrogen-bond donors (Lipinski definition) is 1. The van der Waals surface area contributed by atoms with Gasteiger partial charge in [-0.15, -0.1) is 0 Å². The van der Waals surface area contributed by atoms with Gasteiger partial charge in [0.25, 0.3) is 15.6 Å². The van der Waals surface area contributed by atoms with E-state index < -0.39 is 21.3 Å². The number of aromatic nitrogens is 4. The molecule has 0 saturated carbocycles. The van der Waals surface area contributed by atoms with Gasteiger partial charge in [0.15, 0.2) is 0 Å². The standard InChI is InChI=1S/C21H18ClN5O4S/c1-25-19-15(12-23-25)20(28)27(21(29)24-19)18-11-14(8-9-16(18)22)32(30,31)26-10-4-6-13-5-2-3-7-17(13)26/h2-3,5,7-9,11-12H,4,6,10H2,1H3,(H,24,29). The van der Waals surface area contributed by atoms with Crippen LogP contribution in [0.4, 0.5) is 5.69 Å². The number of aromatic amines is 1. The van der Waals surface area contributed by atoms with Crippen LogP contribution in [0.15, 0.2) is 63.1 Å². The summed E-state index contributed by atoms with van der Waals surface area (Å²) in [6.45, 7) is 0.333. The van der Waals surface area contributed by atoms with Crippen LogP contribution < -0.4 is 15.6 Å². The Hall–Kier alpha value is -3.37. The number of H-pyrrole nitrogens is 1. The maximum atomic E-state index is 13.5. The lowest BCUT2D eigenvalue weighted by Crippen LogP contribution is -2.36. The summed E-state index contributed by atoms with van der Waals surface area (Å²) in [5.74, 6) is 0. The number of fused-ring (bicyclic) bond motifs is 2. The molecule has 0 radical (unpaired) electrons. The van der Waals surface area contributed by atoms with E-state index in [0.29, 0.717) is 18.7 Å². The summed E-state index contributed by atoms with van der Waals surface area (Å²) in [7, 11) is -2.36. The van der Waals surface area contributed by atoms with E-state index in [4.69, 9.17) is 11.6 Å². The molecule has 0 saturated heterocycles. The highest BCUT2D eigenvalue weighted by Gasteiger charge is 2.30. The molecule has 0 bridgehead atoms. The summed E-state index contributed by atoms with van der Waals surface area (Å²) in [5.41, 5.74) is 0.437. The third-order valence-corrected chi connectivity index (χ3v) is 7.74. The van der Waals surface area contributed by atoms with Gasteiger partial charge in [-0.2, -0.15) is 5.10 Å². The molecule has 0 atom stereocenters. The van der Waals surface area contributed by atoms with Crippen LogP contribution in [0.5, 0.6) is 0 Å². The van der Waals surface area contributed by atoms with E-state index in [1.54, 1.807) is 19.2 Å². The van der Waals surface area contributed by atoms with Gasteiger partial charge in [-0.25, -0.2) is 17.8 Å². The van der Waals surface area contributed by atoms with Crippen LogP contribution in [0.25, 0.3) is 16.7 Å². The van der Waals surface area contributed by atoms with E-state index in [1.165, 1.54) is 33.4 Å². The molecule has 5 rings (SSSR count). The van der Waals surface area contributed by atoms with E-state index in [9.17, 15) is 18.0 Å². The molecule has 3 heterocycles. The molecule has 1 aliphatic heterocycles. The molecule has 0 fully saturated rings. The van der Waals surface area contributed by atoms with Gasteiger partial charge in [0.1, 0.15) is 11.0 Å². The molecular weight excluding hydrogens is 454 g/mol. The first-order valence-corrected chi connectivity index (χ1v) is 11.7. The molecule has 4 aromatic rings. The molecule has 0 spiro atoms. The van der Waals surface area contributed by atoms with Crippen LogP contribution in [-0.2, 0) is 23.5 Å². The molecule has 1 aliphatic rings. The number of halogens is 1. The van der Waals surface area contributed by atoms with E-state index in [2.05, 4.69) is 10.1 Å². The van der Waals surface area contributed by atoms with Gasteiger partial charge >= 0.3 is 5.69 Å². The summed E-state index contributed by atoms with van der Waals surface area (Å²) < 4.78 is 30.6. The fourth-order valence-electron chi connectivity index (χ4n) is 4.03. The zero-order valence-corrected chi connectivity index (χ0v) is 18.5. The highest BCUT2D eigenvalue weighted by atomic mass is 35.5. The number of nitrogens with zero attached hydrogens (tertiary/aromatic N) is 4. The lowest BCUT2D eigenvalue weighted by Gasteiger charge is -2.30. The first-order chi connectivity index (χ1) is 15.3. The lowest BCUT2D eigenvalue weighted by molar-refractivity contribution is 0.586. The molecular formula is C21H18ClN5O4S. The van der Waals surface area contributed by atoms with Crippen molar-refractivity contribution in [3.05, 3.63) is 80.1 Å². The minimum absolute atomic E-state index is 0.0185. The van der Waals surface area contributed by atoms with Gasteiger partial charge < -0.3 is 0 Å². The first kappa shape index (κ1) is 20.5. The van der Waals surface area contributed by atoms with Crippen LogP contribution in [0, 0.1) is 0 Å². The molecule has 11 heteroatoms. The van der Waals surface area contributed by atoms with Crippen molar-refractivity contribution in [3.63, 3.8) is 0 Å². The van der Waals surface area contributed by atoms with Crippen molar-refractivity contribution in [2.24, 2.45) is 7.05 Å². The second kappa shape index (κ2) is 7.35. The van der Waals surface area contributed by atoms with E-state index in [1.807, 2.05) is 12.1 Å². The molecule has 164 valence electrons. The minimum atomic E-state index is -3.96. The Labute approximate surface area is 187 Å². The average molecular weight is 472 g/mol. The van der Waals surface area contributed by atoms with Gasteiger partial charge in [0.2, 0.25) is 0 Å². The second-order valence-electron chi connectivity index (χ2n) is 7.52. The number of anilines is 1. The molecule has 0 unspecified atom stereocenters. The average Bonchev–Trinajstić information content (AvgIpc) is 3.15. The monoisotopic (exact) mass is 471 g/mol. The maximum Gasteiger partial charge on any atom is 0.334 e. The highest BCUT2D eigenvalue weighted by Crippen LogP contribution is 2.33. The van der Waals surface area contributed by atoms with Crippen molar-refractivity contribution in [1.82, 2.24) is 19.3 Å². The number of sulfonamides is 1. The SMILES string of the molecule is Cn1ncc2c(=O)n(-c3cc(S(=O)(=O)N4CCCc5ccccc54)ccc3Cl)c(=O)[nH]c21. The molecule has 0 amide bonds. The van der Waals surface area contributed by atoms with E-state index in [-0.39, 0.29) is 26.6 Å². The quantitative estimate of drug-likeness (QED) is 0.492. The molecule has 9 nitrogen and oxygen atoms in total. The van der Waals surface area contributed by atoms with Crippen LogP contribution >= 0.6 is 11.6 Å². The Morgan fingerprint density at radius 3 is 2.69 bits per heavy atom. The van der Waals surface area contributed by atoms with Crippen molar-refractivity contribution in [2.75, 3.05) is 10.8 Å². The smallest absolute Gasteiger partial charge is 0.291 e. The molecule has 32 heavy (non-hydrogen) atoms. The van der Waals surface area contributed by atoms with Gasteiger partial charge in [0, 0.05) is 13.6 Å². The fraction of sp³-hybridized carbons (Fsp3) is 0.190. The van der Waals surface area contributed by atoms with E-state index >= 15 is 0 Å². The van der Waals surface area contributed by atoms with Crippen LogP contribution in [0.3, 0.4) is 0 Å². The molecule has 1 N–H and O–H groups in total. The van der Waals surface area contributed by atoms with Crippen LogP contribution in [-0.4, -0.2) is 34.3 Å². The van der Waals surface area contributed by atoms with Crippen LogP contribution in [0.2, 0.25) is 5.02 Å². The van der Waals surface area contributed by atoms with Gasteiger partial charge in [-0.05, 0) is 42.7 Å². The van der Waals surface area contributed by atoms with Crippen molar-refractivity contribution in [1.29, 1.82) is 0 Å². The molecule has 2 aromatic carbocycles. The fourth-order valence-corrected chi connectivity index (χ4v) is 5.79. The van der Waals surface area contributed by atoms with Crippen molar-refractivity contribution in [3.8, 4) is 5.69 Å². The maximum absolute atomic E-state index is 13.5. The Morgan fingerprint density at radius 2 is 1.88 bits per heavy atom.